The van der Waals surface area contributed by atoms with Crippen molar-refractivity contribution in [3.63, 3.8) is 0 Å². The van der Waals surface area contributed by atoms with Crippen LogP contribution in [0.1, 0.15) is 28.8 Å². The van der Waals surface area contributed by atoms with Crippen LogP contribution in [0.15, 0.2) is 18.2 Å². The normalized spacial score (nSPS) is 18.2. The van der Waals surface area contributed by atoms with E-state index in [2.05, 4.69) is 5.32 Å². The number of nitrogens with zero attached hydrogens (tertiary/aromatic N) is 1. The van der Waals surface area contributed by atoms with Crippen LogP contribution in [0.3, 0.4) is 0 Å². The highest BCUT2D eigenvalue weighted by Crippen LogP contribution is 2.22. The lowest BCUT2D eigenvalue weighted by molar-refractivity contribution is 0.0857. The summed E-state index contributed by atoms with van der Waals surface area (Å²) in [5.74, 6) is -0.174. The molecule has 22 heavy (non-hydrogen) atoms. The molecule has 1 aliphatic rings. The van der Waals surface area contributed by atoms with Gasteiger partial charge in [-0.2, -0.15) is 0 Å². The fourth-order valence-electron chi connectivity index (χ4n) is 2.44. The maximum absolute atomic E-state index is 12.1. The molecule has 1 aromatic rings. The average Bonchev–Trinajstić information content (AvgIpc) is 2.96. The molecule has 1 aliphatic heterocycles. The molecule has 0 radical (unpaired) electrons. The van der Waals surface area contributed by atoms with Gasteiger partial charge in [-0.25, -0.2) is 8.42 Å². The van der Waals surface area contributed by atoms with E-state index in [9.17, 15) is 13.2 Å². The van der Waals surface area contributed by atoms with Crippen molar-refractivity contribution in [2.45, 2.75) is 25.9 Å². The first-order valence-corrected chi connectivity index (χ1v) is 9.08. The monoisotopic (exact) mass is 326 g/mol. The van der Waals surface area contributed by atoms with E-state index >= 15 is 0 Å². The minimum Gasteiger partial charge on any atom is -0.376 e. The third-order valence-corrected chi connectivity index (χ3v) is 5.00. The lowest BCUT2D eigenvalue weighted by Gasteiger charge is -2.19. The molecular weight excluding hydrogens is 304 g/mol. The number of aryl methyl sites for hydroxylation is 1. The predicted octanol–water partition coefficient (Wildman–Crippen LogP) is 1.30. The Balaban J connectivity index is 2.06. The van der Waals surface area contributed by atoms with Crippen LogP contribution in [0.2, 0.25) is 0 Å². The minimum absolute atomic E-state index is 0.0979. The molecule has 1 unspecified atom stereocenters. The van der Waals surface area contributed by atoms with Gasteiger partial charge in [0.25, 0.3) is 5.91 Å². The molecule has 6 nitrogen and oxygen atoms in total. The third-order valence-electron chi connectivity index (χ3n) is 3.81. The molecule has 1 N–H and O–H groups in total. The van der Waals surface area contributed by atoms with E-state index in [1.807, 2.05) is 0 Å². The zero-order chi connectivity index (χ0) is 16.3. The fourth-order valence-corrected chi connectivity index (χ4v) is 3.00. The van der Waals surface area contributed by atoms with E-state index in [1.165, 1.54) is 11.4 Å². The summed E-state index contributed by atoms with van der Waals surface area (Å²) in [4.78, 5) is 12.1. The lowest BCUT2D eigenvalue weighted by atomic mass is 10.1. The summed E-state index contributed by atoms with van der Waals surface area (Å²) in [6.45, 7) is 3.04. The molecule has 1 amide bonds. The Bertz CT molecular complexity index is 652. The van der Waals surface area contributed by atoms with Crippen molar-refractivity contribution in [2.75, 3.05) is 30.8 Å². The molecule has 122 valence electrons. The van der Waals surface area contributed by atoms with Gasteiger partial charge in [-0.05, 0) is 43.5 Å². The van der Waals surface area contributed by atoms with Crippen LogP contribution < -0.4 is 9.62 Å². The van der Waals surface area contributed by atoms with Gasteiger partial charge in [-0.1, -0.05) is 0 Å². The van der Waals surface area contributed by atoms with E-state index < -0.39 is 10.0 Å². The predicted molar refractivity (Wildman–Crippen MR) is 85.7 cm³/mol. The van der Waals surface area contributed by atoms with Crippen molar-refractivity contribution in [1.82, 2.24) is 5.32 Å². The number of benzene rings is 1. The van der Waals surface area contributed by atoms with Crippen LogP contribution in [-0.2, 0) is 14.8 Å². The Kier molecular flexibility index (Phi) is 5.08. The molecular formula is C15H22N2O4S. The standard InChI is InChI=1S/C15H22N2O4S/c1-11-9-12(6-7-14(11)17(2)22(3,19)20)15(18)16-10-13-5-4-8-21-13/h6-7,9,13H,4-5,8,10H2,1-3H3,(H,16,18). The van der Waals surface area contributed by atoms with Crippen molar-refractivity contribution in [3.05, 3.63) is 29.3 Å². The number of amides is 1. The van der Waals surface area contributed by atoms with Gasteiger partial charge >= 0.3 is 0 Å². The Hall–Kier alpha value is -1.60. The maximum Gasteiger partial charge on any atom is 0.251 e. The van der Waals surface area contributed by atoms with Gasteiger partial charge in [-0.3, -0.25) is 9.10 Å². The molecule has 0 saturated carbocycles. The van der Waals surface area contributed by atoms with E-state index in [-0.39, 0.29) is 12.0 Å². The number of carbonyl (C=O) groups is 1. The Morgan fingerprint density at radius 3 is 2.73 bits per heavy atom. The van der Waals surface area contributed by atoms with Crippen LogP contribution in [0.25, 0.3) is 0 Å². The topological polar surface area (TPSA) is 75.7 Å². The van der Waals surface area contributed by atoms with E-state index in [0.717, 1.165) is 31.3 Å². The Labute approximate surface area is 131 Å². The zero-order valence-electron chi connectivity index (χ0n) is 13.1. The van der Waals surface area contributed by atoms with Gasteiger partial charge in [0.2, 0.25) is 10.0 Å². The fraction of sp³-hybridized carbons (Fsp3) is 0.533. The van der Waals surface area contributed by atoms with Gasteiger partial charge in [0.05, 0.1) is 18.0 Å². The highest BCUT2D eigenvalue weighted by atomic mass is 32.2. The molecule has 1 fully saturated rings. The molecule has 1 saturated heterocycles. The highest BCUT2D eigenvalue weighted by molar-refractivity contribution is 7.92. The summed E-state index contributed by atoms with van der Waals surface area (Å²) in [5.41, 5.74) is 1.82. The molecule has 0 bridgehead atoms. The average molecular weight is 326 g/mol. The Morgan fingerprint density at radius 2 is 2.18 bits per heavy atom. The smallest absolute Gasteiger partial charge is 0.251 e. The second-order valence-electron chi connectivity index (χ2n) is 5.58. The van der Waals surface area contributed by atoms with Gasteiger partial charge < -0.3 is 10.1 Å². The van der Waals surface area contributed by atoms with Crippen molar-refractivity contribution < 1.29 is 17.9 Å². The summed E-state index contributed by atoms with van der Waals surface area (Å²) in [6, 6.07) is 4.98. The second kappa shape index (κ2) is 6.66. The molecule has 0 spiro atoms. The van der Waals surface area contributed by atoms with Gasteiger partial charge in [0, 0.05) is 25.8 Å². The quantitative estimate of drug-likeness (QED) is 0.885. The van der Waals surface area contributed by atoms with Gasteiger partial charge in [0.15, 0.2) is 0 Å². The van der Waals surface area contributed by atoms with Crippen LogP contribution in [-0.4, -0.2) is 46.9 Å². The summed E-state index contributed by atoms with van der Waals surface area (Å²) in [7, 11) is -1.82. The number of hydrogen-bond acceptors (Lipinski definition) is 4. The SMILES string of the molecule is Cc1cc(C(=O)NCC2CCCO2)ccc1N(C)S(C)(=O)=O. The second-order valence-corrected chi connectivity index (χ2v) is 7.59. The molecule has 1 atom stereocenters. The third kappa shape index (κ3) is 3.98. The van der Waals surface area contributed by atoms with Crippen LogP contribution in [0.5, 0.6) is 0 Å². The van der Waals surface area contributed by atoms with Crippen molar-refractivity contribution in [1.29, 1.82) is 0 Å². The highest BCUT2D eigenvalue weighted by Gasteiger charge is 2.18. The first-order valence-electron chi connectivity index (χ1n) is 7.23. The summed E-state index contributed by atoms with van der Waals surface area (Å²) in [5, 5.41) is 2.85. The number of anilines is 1. The largest absolute Gasteiger partial charge is 0.376 e. The first kappa shape index (κ1) is 16.8. The first-order chi connectivity index (χ1) is 10.3. The van der Waals surface area contributed by atoms with Crippen molar-refractivity contribution in [2.24, 2.45) is 0 Å². The van der Waals surface area contributed by atoms with Gasteiger partial charge in [-0.15, -0.1) is 0 Å². The summed E-state index contributed by atoms with van der Waals surface area (Å²) in [6.07, 6.45) is 3.25. The maximum atomic E-state index is 12.1. The van der Waals surface area contributed by atoms with Gasteiger partial charge in [0.1, 0.15) is 0 Å². The van der Waals surface area contributed by atoms with Crippen LogP contribution in [0, 0.1) is 6.92 Å². The number of sulfonamides is 1. The number of hydrogen-bond donors (Lipinski definition) is 1. The molecule has 0 aromatic heterocycles. The zero-order valence-corrected chi connectivity index (χ0v) is 13.9. The van der Waals surface area contributed by atoms with Crippen molar-refractivity contribution in [3.8, 4) is 0 Å². The molecule has 1 heterocycles. The molecule has 2 rings (SSSR count). The molecule has 7 heteroatoms. The number of carbonyl (C=O) groups excluding carboxylic acids is 1. The summed E-state index contributed by atoms with van der Waals surface area (Å²) >= 11 is 0. The van der Waals surface area contributed by atoms with E-state index in [1.54, 1.807) is 25.1 Å². The molecule has 0 aliphatic carbocycles. The van der Waals surface area contributed by atoms with E-state index in [4.69, 9.17) is 4.74 Å². The van der Waals surface area contributed by atoms with E-state index in [0.29, 0.717) is 17.8 Å². The number of rotatable bonds is 5. The summed E-state index contributed by atoms with van der Waals surface area (Å²) < 4.78 is 29.8. The van der Waals surface area contributed by atoms with Crippen LogP contribution >= 0.6 is 0 Å². The lowest BCUT2D eigenvalue weighted by Crippen LogP contribution is -2.32. The van der Waals surface area contributed by atoms with Crippen LogP contribution in [0.4, 0.5) is 5.69 Å². The molecule has 1 aromatic carbocycles. The Morgan fingerprint density at radius 1 is 1.45 bits per heavy atom. The number of nitrogens with one attached hydrogen (secondary N) is 1. The minimum atomic E-state index is -3.32. The van der Waals surface area contributed by atoms with Crippen molar-refractivity contribution >= 4 is 21.6 Å². The number of ether oxygens (including phenoxy) is 1.